The van der Waals surface area contributed by atoms with Gasteiger partial charge < -0.3 is 27.0 Å². The van der Waals surface area contributed by atoms with Gasteiger partial charge in [0.1, 0.15) is 0 Å². The summed E-state index contributed by atoms with van der Waals surface area (Å²) in [5.74, 6) is 0. The molecular formula is C16H23N3O2. The zero-order valence-electron chi connectivity index (χ0n) is 12.0. The van der Waals surface area contributed by atoms with E-state index in [1.54, 1.807) is 0 Å². The van der Waals surface area contributed by atoms with E-state index in [9.17, 15) is 0 Å². The predicted octanol–water partition coefficient (Wildman–Crippen LogP) is 1.06. The van der Waals surface area contributed by atoms with E-state index < -0.39 is 11.8 Å². The predicted molar refractivity (Wildman–Crippen MR) is 84.3 cm³/mol. The summed E-state index contributed by atoms with van der Waals surface area (Å²) in [6.07, 6.45) is 3.71. The molecule has 0 saturated carbocycles. The van der Waals surface area contributed by atoms with E-state index in [2.05, 4.69) is 5.32 Å². The first-order valence-electron chi connectivity index (χ1n) is 7.09. The smallest absolute Gasteiger partial charge is 0.151 e. The van der Waals surface area contributed by atoms with E-state index >= 15 is 0 Å². The minimum atomic E-state index is -1.33. The van der Waals surface area contributed by atoms with Crippen molar-refractivity contribution in [3.63, 3.8) is 0 Å². The minimum Gasteiger partial charge on any atom is -0.399 e. The maximum absolute atomic E-state index is 8.99. The van der Waals surface area contributed by atoms with E-state index in [4.69, 9.17) is 21.7 Å². The van der Waals surface area contributed by atoms with Gasteiger partial charge in [0, 0.05) is 23.5 Å². The number of nitrogens with two attached hydrogens (primary N) is 2. The van der Waals surface area contributed by atoms with Gasteiger partial charge in [-0.25, -0.2) is 0 Å². The van der Waals surface area contributed by atoms with Crippen molar-refractivity contribution in [3.8, 4) is 0 Å². The van der Waals surface area contributed by atoms with Gasteiger partial charge in [0.05, 0.1) is 0 Å². The van der Waals surface area contributed by atoms with Crippen LogP contribution in [0.3, 0.4) is 0 Å². The Morgan fingerprint density at radius 3 is 2.62 bits per heavy atom. The molecule has 1 atom stereocenters. The lowest BCUT2D eigenvalue weighted by atomic mass is 9.82. The van der Waals surface area contributed by atoms with Crippen molar-refractivity contribution in [2.45, 2.75) is 31.1 Å². The fourth-order valence-electron chi connectivity index (χ4n) is 2.43. The molecule has 0 heterocycles. The normalized spacial score (nSPS) is 21.9. The second kappa shape index (κ2) is 6.76. The van der Waals surface area contributed by atoms with Gasteiger partial charge in [-0.1, -0.05) is 24.3 Å². The molecule has 114 valence electrons. The number of anilines is 1. The number of para-hydroxylation sites is 1. The van der Waals surface area contributed by atoms with Crippen molar-refractivity contribution in [2.75, 3.05) is 11.9 Å². The van der Waals surface area contributed by atoms with Gasteiger partial charge in [0.25, 0.3) is 0 Å². The molecule has 0 amide bonds. The van der Waals surface area contributed by atoms with Crippen molar-refractivity contribution in [2.24, 2.45) is 11.5 Å². The van der Waals surface area contributed by atoms with Gasteiger partial charge in [-0.05, 0) is 43.0 Å². The molecule has 0 fully saturated rings. The number of aliphatic hydroxyl groups excluding tert-OH is 1. The summed E-state index contributed by atoms with van der Waals surface area (Å²) < 4.78 is 0. The lowest BCUT2D eigenvalue weighted by Gasteiger charge is -2.31. The van der Waals surface area contributed by atoms with Crippen molar-refractivity contribution >= 4 is 5.69 Å². The third-order valence-corrected chi connectivity index (χ3v) is 3.69. The molecule has 5 heteroatoms. The van der Waals surface area contributed by atoms with Crippen molar-refractivity contribution in [3.05, 3.63) is 53.8 Å². The molecule has 1 aromatic carbocycles. The van der Waals surface area contributed by atoms with Crippen LogP contribution in [0.15, 0.2) is 53.8 Å². The van der Waals surface area contributed by atoms with E-state index in [1.807, 2.05) is 42.5 Å². The maximum atomic E-state index is 8.99. The second-order valence-corrected chi connectivity index (χ2v) is 5.54. The van der Waals surface area contributed by atoms with Gasteiger partial charge in [-0.15, -0.1) is 0 Å². The van der Waals surface area contributed by atoms with Crippen molar-refractivity contribution in [1.29, 1.82) is 0 Å². The summed E-state index contributed by atoms with van der Waals surface area (Å²) in [6, 6.07) is 9.89. The first-order valence-corrected chi connectivity index (χ1v) is 7.09. The topological polar surface area (TPSA) is 105 Å². The lowest BCUT2D eigenvalue weighted by Crippen LogP contribution is -2.41. The Bertz CT molecular complexity index is 526. The van der Waals surface area contributed by atoms with Crippen LogP contribution in [0.25, 0.3) is 0 Å². The van der Waals surface area contributed by atoms with Crippen LogP contribution in [-0.4, -0.2) is 28.6 Å². The number of hydrogen-bond acceptors (Lipinski definition) is 5. The van der Waals surface area contributed by atoms with Gasteiger partial charge >= 0.3 is 0 Å². The monoisotopic (exact) mass is 289 g/mol. The van der Waals surface area contributed by atoms with Crippen LogP contribution in [0, 0.1) is 0 Å². The van der Waals surface area contributed by atoms with Crippen molar-refractivity contribution in [1.82, 2.24) is 0 Å². The van der Waals surface area contributed by atoms with Gasteiger partial charge in [0.2, 0.25) is 0 Å². The number of aliphatic hydroxyl groups is 2. The molecule has 21 heavy (non-hydrogen) atoms. The summed E-state index contributed by atoms with van der Waals surface area (Å²) in [5, 5.41) is 21.3. The zero-order chi connectivity index (χ0) is 15.3. The van der Waals surface area contributed by atoms with Crippen LogP contribution in [0.1, 0.15) is 19.3 Å². The zero-order valence-corrected chi connectivity index (χ0v) is 12.0. The van der Waals surface area contributed by atoms with E-state index in [0.29, 0.717) is 19.4 Å². The number of allylic oxidation sites excluding steroid dienone is 1. The molecule has 0 spiro atoms. The molecule has 1 aliphatic carbocycles. The van der Waals surface area contributed by atoms with E-state index in [0.717, 1.165) is 17.0 Å². The molecule has 0 radical (unpaired) electrons. The average Bonchev–Trinajstić information content (AvgIpc) is 2.48. The third-order valence-electron chi connectivity index (χ3n) is 3.69. The van der Waals surface area contributed by atoms with Crippen LogP contribution in [-0.2, 0) is 0 Å². The fourth-order valence-corrected chi connectivity index (χ4v) is 2.43. The van der Waals surface area contributed by atoms with Crippen LogP contribution >= 0.6 is 0 Å². The van der Waals surface area contributed by atoms with Crippen molar-refractivity contribution < 1.29 is 10.2 Å². The Morgan fingerprint density at radius 1 is 1.24 bits per heavy atom. The molecule has 1 unspecified atom stereocenters. The molecule has 5 nitrogen and oxygen atoms in total. The third kappa shape index (κ3) is 4.60. The Morgan fingerprint density at radius 2 is 1.95 bits per heavy atom. The van der Waals surface area contributed by atoms with E-state index in [-0.39, 0.29) is 6.42 Å². The van der Waals surface area contributed by atoms with Crippen LogP contribution in [0.4, 0.5) is 5.69 Å². The lowest BCUT2D eigenvalue weighted by molar-refractivity contribution is -0.0488. The Hall–Kier alpha value is -1.82. The highest BCUT2D eigenvalue weighted by atomic mass is 16.5. The standard InChI is InChI=1S/C16H23N3O2/c17-14-6-8-16(18,9-7-15(20)21)10-12(14)11-19-13-4-2-1-3-5-13/h1-6,8,15,19-21H,7,9-11,17-18H2. The second-order valence-electron chi connectivity index (χ2n) is 5.54. The van der Waals surface area contributed by atoms with Gasteiger partial charge in [-0.3, -0.25) is 0 Å². The molecule has 1 aromatic rings. The van der Waals surface area contributed by atoms with Crippen LogP contribution < -0.4 is 16.8 Å². The first kappa shape index (κ1) is 15.6. The molecule has 2 rings (SSSR count). The summed E-state index contributed by atoms with van der Waals surface area (Å²) in [6.45, 7) is 0.626. The number of rotatable bonds is 6. The highest BCUT2D eigenvalue weighted by Gasteiger charge is 2.27. The van der Waals surface area contributed by atoms with Crippen LogP contribution in [0.2, 0.25) is 0 Å². The fraction of sp³-hybridized carbons (Fsp3) is 0.375. The average molecular weight is 289 g/mol. The van der Waals surface area contributed by atoms with E-state index in [1.165, 1.54) is 0 Å². The number of nitrogens with one attached hydrogen (secondary N) is 1. The Labute approximate surface area is 125 Å². The summed E-state index contributed by atoms with van der Waals surface area (Å²) >= 11 is 0. The summed E-state index contributed by atoms with van der Waals surface area (Å²) in [4.78, 5) is 0. The Balaban J connectivity index is 1.97. The quantitative estimate of drug-likeness (QED) is 0.504. The molecule has 7 N–H and O–H groups in total. The molecule has 1 aliphatic rings. The highest BCUT2D eigenvalue weighted by Crippen LogP contribution is 2.27. The molecule has 0 aromatic heterocycles. The first-order chi connectivity index (χ1) is 9.98. The van der Waals surface area contributed by atoms with Gasteiger partial charge in [0.15, 0.2) is 6.29 Å². The Kier molecular flexibility index (Phi) is 5.01. The summed E-state index contributed by atoms with van der Waals surface area (Å²) in [5.41, 5.74) is 14.5. The molecule has 0 saturated heterocycles. The summed E-state index contributed by atoms with van der Waals surface area (Å²) in [7, 11) is 0. The maximum Gasteiger partial charge on any atom is 0.151 e. The SMILES string of the molecule is NC1=C(CNc2ccccc2)CC(N)(CCC(O)O)C=C1. The highest BCUT2D eigenvalue weighted by molar-refractivity contribution is 5.45. The molecule has 0 aliphatic heterocycles. The van der Waals surface area contributed by atoms with Crippen LogP contribution in [0.5, 0.6) is 0 Å². The number of benzene rings is 1. The van der Waals surface area contributed by atoms with Gasteiger partial charge in [-0.2, -0.15) is 0 Å². The number of hydrogen-bond donors (Lipinski definition) is 5. The molecule has 0 bridgehead atoms. The largest absolute Gasteiger partial charge is 0.399 e. The minimum absolute atomic E-state index is 0.250. The molecular weight excluding hydrogens is 266 g/mol.